The smallest absolute Gasteiger partial charge is 0.457 e. The van der Waals surface area contributed by atoms with Crippen molar-refractivity contribution in [3.63, 3.8) is 0 Å². The molecule has 0 aromatic rings. The maximum absolute atomic E-state index is 12.5. The monoisotopic (exact) mass is 779 g/mol. The van der Waals surface area contributed by atoms with Gasteiger partial charge >= 0.3 is 13.8 Å². The third-order valence-electron chi connectivity index (χ3n) is 10.0. The van der Waals surface area contributed by atoms with Gasteiger partial charge in [0.2, 0.25) is 0 Å². The van der Waals surface area contributed by atoms with Crippen LogP contribution < -0.4 is 0 Å². The minimum Gasteiger partial charge on any atom is -0.457 e. The molecule has 0 bridgehead atoms. The molecule has 0 saturated carbocycles. The number of aliphatic hydroxyl groups excluding tert-OH is 2. The SMILES string of the molecule is CCCCCCCCCCCCCCCCCCCCCCCCOCC(COP(=O)(O)OCC(O)CO)OC(=O)CCCCCCCCCCCC. The first kappa shape index (κ1) is 52.5. The minimum atomic E-state index is -4.50. The molecule has 0 amide bonds. The number of carbonyl (C=O) groups excluding carboxylic acids is 1. The number of carbonyl (C=O) groups is 1. The van der Waals surface area contributed by atoms with Gasteiger partial charge in [0.1, 0.15) is 12.2 Å². The van der Waals surface area contributed by atoms with Crippen LogP contribution in [0.2, 0.25) is 0 Å². The normalized spacial score (nSPS) is 14.0. The Balaban J connectivity index is 3.97. The Hall–Kier alpha value is -0.540. The molecule has 0 aliphatic carbocycles. The Morgan fingerprint density at radius 3 is 1.23 bits per heavy atom. The first-order valence-electron chi connectivity index (χ1n) is 22.5. The van der Waals surface area contributed by atoms with E-state index < -0.39 is 33.2 Å². The van der Waals surface area contributed by atoms with Crippen molar-refractivity contribution in [3.05, 3.63) is 0 Å². The number of rotatable bonds is 44. The van der Waals surface area contributed by atoms with Crippen LogP contribution in [0.3, 0.4) is 0 Å². The lowest BCUT2D eigenvalue weighted by Gasteiger charge is -2.20. The van der Waals surface area contributed by atoms with Crippen molar-refractivity contribution in [1.82, 2.24) is 0 Å². The van der Waals surface area contributed by atoms with E-state index in [0.717, 1.165) is 32.1 Å². The molecule has 0 rings (SSSR count). The van der Waals surface area contributed by atoms with E-state index in [-0.39, 0.29) is 25.6 Å². The Morgan fingerprint density at radius 1 is 0.509 bits per heavy atom. The highest BCUT2D eigenvalue weighted by molar-refractivity contribution is 7.47. The van der Waals surface area contributed by atoms with Crippen LogP contribution in [0.25, 0.3) is 0 Å². The lowest BCUT2D eigenvalue weighted by molar-refractivity contribution is -0.154. The van der Waals surface area contributed by atoms with Crippen LogP contribution in [0, 0.1) is 0 Å². The third kappa shape index (κ3) is 40.9. The van der Waals surface area contributed by atoms with Gasteiger partial charge in [-0.15, -0.1) is 0 Å². The molecule has 0 aromatic carbocycles. The number of ether oxygens (including phenoxy) is 2. The van der Waals surface area contributed by atoms with E-state index in [4.69, 9.17) is 23.6 Å². The van der Waals surface area contributed by atoms with Gasteiger partial charge in [-0.3, -0.25) is 13.8 Å². The van der Waals surface area contributed by atoms with Crippen molar-refractivity contribution >= 4 is 13.8 Å². The third-order valence-corrected chi connectivity index (χ3v) is 11.0. The van der Waals surface area contributed by atoms with Gasteiger partial charge in [0.15, 0.2) is 0 Å². The lowest BCUT2D eigenvalue weighted by Crippen LogP contribution is -2.29. The first-order chi connectivity index (χ1) is 25.8. The number of phosphoric ester groups is 1. The molecule has 9 nitrogen and oxygen atoms in total. The molecular weight excluding hydrogens is 691 g/mol. The molecule has 0 radical (unpaired) electrons. The fraction of sp³-hybridized carbons (Fsp3) is 0.977. The summed E-state index contributed by atoms with van der Waals surface area (Å²) in [6.45, 7) is 3.56. The Bertz CT molecular complexity index is 800. The fourth-order valence-electron chi connectivity index (χ4n) is 6.59. The molecule has 3 N–H and O–H groups in total. The Labute approximate surface area is 327 Å². The number of hydrogen-bond acceptors (Lipinski definition) is 8. The lowest BCUT2D eigenvalue weighted by atomic mass is 10.0. The van der Waals surface area contributed by atoms with Crippen LogP contribution in [0.1, 0.15) is 226 Å². The van der Waals surface area contributed by atoms with Crippen LogP contribution in [-0.4, -0.2) is 66.3 Å². The second-order valence-corrected chi connectivity index (χ2v) is 16.9. The second kappa shape index (κ2) is 41.1. The van der Waals surface area contributed by atoms with Gasteiger partial charge in [0.25, 0.3) is 0 Å². The number of unbranched alkanes of at least 4 members (excludes halogenated alkanes) is 30. The van der Waals surface area contributed by atoms with Gasteiger partial charge < -0.3 is 24.6 Å². The van der Waals surface area contributed by atoms with Crippen molar-refractivity contribution < 1.29 is 43.0 Å². The summed E-state index contributed by atoms with van der Waals surface area (Å²) in [5.74, 6) is -0.379. The van der Waals surface area contributed by atoms with Gasteiger partial charge in [-0.05, 0) is 12.8 Å². The van der Waals surface area contributed by atoms with Crippen LogP contribution in [-0.2, 0) is 27.9 Å². The highest BCUT2D eigenvalue weighted by atomic mass is 31.2. The Kier molecular flexibility index (Phi) is 40.7. The van der Waals surface area contributed by atoms with E-state index >= 15 is 0 Å². The molecule has 53 heavy (non-hydrogen) atoms. The van der Waals surface area contributed by atoms with Crippen LogP contribution >= 0.6 is 7.82 Å². The minimum absolute atomic E-state index is 0.0578. The summed E-state index contributed by atoms with van der Waals surface area (Å²) in [4.78, 5) is 22.5. The van der Waals surface area contributed by atoms with E-state index in [9.17, 15) is 19.4 Å². The van der Waals surface area contributed by atoms with E-state index in [2.05, 4.69) is 13.8 Å². The summed E-state index contributed by atoms with van der Waals surface area (Å²) in [6.07, 6.45) is 39.3. The van der Waals surface area contributed by atoms with Crippen LogP contribution in [0.15, 0.2) is 0 Å². The number of hydrogen-bond donors (Lipinski definition) is 3. The van der Waals surface area contributed by atoms with Gasteiger partial charge in [-0.2, -0.15) is 0 Å². The zero-order chi connectivity index (χ0) is 38.9. The molecule has 10 heteroatoms. The van der Waals surface area contributed by atoms with Gasteiger partial charge in [-0.1, -0.05) is 206 Å². The zero-order valence-corrected chi connectivity index (χ0v) is 35.7. The summed E-state index contributed by atoms with van der Waals surface area (Å²) < 4.78 is 33.3. The summed E-state index contributed by atoms with van der Waals surface area (Å²) in [5.41, 5.74) is 0. The van der Waals surface area contributed by atoms with Crippen LogP contribution in [0.4, 0.5) is 0 Å². The van der Waals surface area contributed by atoms with Gasteiger partial charge in [0.05, 0.1) is 26.4 Å². The van der Waals surface area contributed by atoms with E-state index in [0.29, 0.717) is 6.61 Å². The largest absolute Gasteiger partial charge is 0.472 e. The molecule has 0 heterocycles. The summed E-state index contributed by atoms with van der Waals surface area (Å²) >= 11 is 0. The molecule has 0 aliphatic rings. The number of esters is 1. The maximum Gasteiger partial charge on any atom is 0.472 e. The molecule has 0 aromatic heterocycles. The molecule has 318 valence electrons. The standard InChI is InChI=1S/C43H87O9P/c1-3-5-7-9-11-13-15-16-17-18-19-20-21-22-23-24-25-26-28-30-32-34-36-49-39-42(40-51-53(47,48)50-38-41(45)37-44)52-43(46)35-33-31-29-27-14-12-10-8-6-4-2/h41-42,44-45H,3-40H2,1-2H3,(H,47,48). The predicted molar refractivity (Wildman–Crippen MR) is 219 cm³/mol. The predicted octanol–water partition coefficient (Wildman–Crippen LogP) is 12.3. The molecule has 0 saturated heterocycles. The summed E-state index contributed by atoms with van der Waals surface area (Å²) in [6, 6.07) is 0. The van der Waals surface area contributed by atoms with E-state index in [1.165, 1.54) is 173 Å². The fourth-order valence-corrected chi connectivity index (χ4v) is 7.38. The quantitative estimate of drug-likeness (QED) is 0.0314. The molecule has 3 unspecified atom stereocenters. The molecule has 0 aliphatic heterocycles. The second-order valence-electron chi connectivity index (χ2n) is 15.4. The van der Waals surface area contributed by atoms with Crippen LogP contribution in [0.5, 0.6) is 0 Å². The number of phosphoric acid groups is 1. The number of aliphatic hydroxyl groups is 2. The van der Waals surface area contributed by atoms with Gasteiger partial charge in [0, 0.05) is 13.0 Å². The van der Waals surface area contributed by atoms with Crippen molar-refractivity contribution in [1.29, 1.82) is 0 Å². The first-order valence-corrected chi connectivity index (χ1v) is 24.0. The van der Waals surface area contributed by atoms with E-state index in [1.807, 2.05) is 0 Å². The zero-order valence-electron chi connectivity index (χ0n) is 34.8. The molecule has 0 fully saturated rings. The molecular formula is C43H87O9P. The summed E-state index contributed by atoms with van der Waals surface area (Å²) in [5, 5.41) is 18.3. The summed E-state index contributed by atoms with van der Waals surface area (Å²) in [7, 11) is -4.50. The average Bonchev–Trinajstić information content (AvgIpc) is 3.15. The van der Waals surface area contributed by atoms with Crippen molar-refractivity contribution in [2.45, 2.75) is 238 Å². The van der Waals surface area contributed by atoms with Crippen molar-refractivity contribution in [2.24, 2.45) is 0 Å². The highest BCUT2D eigenvalue weighted by Gasteiger charge is 2.26. The molecule has 0 spiro atoms. The topological polar surface area (TPSA) is 132 Å². The van der Waals surface area contributed by atoms with Crippen molar-refractivity contribution in [2.75, 3.05) is 33.0 Å². The van der Waals surface area contributed by atoms with Crippen molar-refractivity contribution in [3.8, 4) is 0 Å². The average molecular weight is 779 g/mol. The maximum atomic E-state index is 12.5. The highest BCUT2D eigenvalue weighted by Crippen LogP contribution is 2.43. The molecule has 3 atom stereocenters. The Morgan fingerprint density at radius 2 is 0.849 bits per heavy atom. The van der Waals surface area contributed by atoms with Gasteiger partial charge in [-0.25, -0.2) is 4.57 Å². The van der Waals surface area contributed by atoms with E-state index in [1.54, 1.807) is 0 Å².